The number of likely N-dealkylation sites (tertiary alicyclic amines) is 1. The highest BCUT2D eigenvalue weighted by atomic mass is 16.6. The number of nitro groups is 1. The van der Waals surface area contributed by atoms with Gasteiger partial charge in [0.2, 0.25) is 0 Å². The van der Waals surface area contributed by atoms with Gasteiger partial charge in [0.05, 0.1) is 4.92 Å². The average molecular weight is 277 g/mol. The summed E-state index contributed by atoms with van der Waals surface area (Å²) in [6.45, 7) is 7.16. The third-order valence-electron chi connectivity index (χ3n) is 4.10. The molecule has 0 spiro atoms. The van der Waals surface area contributed by atoms with Crippen LogP contribution >= 0.6 is 0 Å². The summed E-state index contributed by atoms with van der Waals surface area (Å²) in [6.07, 6.45) is 3.89. The number of rotatable bonds is 5. The van der Waals surface area contributed by atoms with Crippen molar-refractivity contribution in [2.45, 2.75) is 39.2 Å². The first-order valence-corrected chi connectivity index (χ1v) is 7.31. The summed E-state index contributed by atoms with van der Waals surface area (Å²) in [7, 11) is 0. The van der Waals surface area contributed by atoms with Crippen molar-refractivity contribution in [1.82, 2.24) is 4.90 Å². The van der Waals surface area contributed by atoms with E-state index in [0.29, 0.717) is 11.6 Å². The van der Waals surface area contributed by atoms with E-state index < -0.39 is 0 Å². The Balaban J connectivity index is 1.96. The molecule has 1 unspecified atom stereocenters. The Morgan fingerprint density at radius 3 is 2.70 bits per heavy atom. The topological polar surface area (TPSA) is 58.4 Å². The molecule has 1 N–H and O–H groups in total. The normalized spacial score (nSPS) is 17.7. The minimum absolute atomic E-state index is 0.181. The van der Waals surface area contributed by atoms with E-state index in [4.69, 9.17) is 0 Å². The van der Waals surface area contributed by atoms with Crippen LogP contribution in [-0.4, -0.2) is 35.5 Å². The van der Waals surface area contributed by atoms with Gasteiger partial charge in [-0.1, -0.05) is 12.5 Å². The first-order chi connectivity index (χ1) is 9.59. The van der Waals surface area contributed by atoms with Crippen LogP contribution in [0.1, 0.15) is 31.7 Å². The van der Waals surface area contributed by atoms with Crippen LogP contribution in [0.4, 0.5) is 11.4 Å². The van der Waals surface area contributed by atoms with Gasteiger partial charge >= 0.3 is 0 Å². The van der Waals surface area contributed by atoms with E-state index in [-0.39, 0.29) is 10.6 Å². The molecule has 1 fully saturated rings. The number of piperidine rings is 1. The minimum atomic E-state index is -0.325. The second kappa shape index (κ2) is 6.70. The lowest BCUT2D eigenvalue weighted by Crippen LogP contribution is -2.41. The maximum atomic E-state index is 10.9. The second-order valence-electron chi connectivity index (χ2n) is 5.53. The van der Waals surface area contributed by atoms with Crippen LogP contribution in [-0.2, 0) is 0 Å². The third kappa shape index (κ3) is 3.48. The fourth-order valence-electron chi connectivity index (χ4n) is 2.76. The van der Waals surface area contributed by atoms with Crippen LogP contribution in [0.3, 0.4) is 0 Å². The summed E-state index contributed by atoms with van der Waals surface area (Å²) >= 11 is 0. The highest BCUT2D eigenvalue weighted by Gasteiger charge is 2.17. The molecule has 0 bridgehead atoms. The molecule has 1 saturated heterocycles. The number of hydrogen-bond acceptors (Lipinski definition) is 4. The largest absolute Gasteiger partial charge is 0.383 e. The Morgan fingerprint density at radius 1 is 1.35 bits per heavy atom. The van der Waals surface area contributed by atoms with Crippen molar-refractivity contribution >= 4 is 11.4 Å². The molecule has 0 radical (unpaired) electrons. The predicted molar refractivity (Wildman–Crippen MR) is 81.2 cm³/mol. The average Bonchev–Trinajstić information content (AvgIpc) is 2.46. The van der Waals surface area contributed by atoms with Gasteiger partial charge in [0.25, 0.3) is 5.69 Å². The minimum Gasteiger partial charge on any atom is -0.383 e. The van der Waals surface area contributed by atoms with Crippen molar-refractivity contribution < 1.29 is 4.92 Å². The summed E-state index contributed by atoms with van der Waals surface area (Å²) in [5.41, 5.74) is 1.76. The Kier molecular flexibility index (Phi) is 4.95. The van der Waals surface area contributed by atoms with Gasteiger partial charge in [0, 0.05) is 29.9 Å². The van der Waals surface area contributed by atoms with Crippen molar-refractivity contribution in [3.63, 3.8) is 0 Å². The first kappa shape index (κ1) is 14.8. The summed E-state index contributed by atoms with van der Waals surface area (Å²) in [5, 5.41) is 14.3. The zero-order valence-electron chi connectivity index (χ0n) is 12.3. The van der Waals surface area contributed by atoms with Gasteiger partial charge in [-0.2, -0.15) is 0 Å². The summed E-state index contributed by atoms with van der Waals surface area (Å²) < 4.78 is 0. The molecule has 0 amide bonds. The van der Waals surface area contributed by atoms with E-state index in [0.717, 1.165) is 25.3 Å². The molecule has 5 nitrogen and oxygen atoms in total. The predicted octanol–water partition coefficient (Wildman–Crippen LogP) is 3.19. The monoisotopic (exact) mass is 277 g/mol. The Labute approximate surface area is 120 Å². The molecule has 5 heteroatoms. The van der Waals surface area contributed by atoms with E-state index in [9.17, 15) is 10.1 Å². The fourth-order valence-corrected chi connectivity index (χ4v) is 2.76. The lowest BCUT2D eigenvalue weighted by atomic mass is 10.1. The van der Waals surface area contributed by atoms with E-state index >= 15 is 0 Å². The third-order valence-corrected chi connectivity index (χ3v) is 4.10. The van der Waals surface area contributed by atoms with Crippen LogP contribution in [0.25, 0.3) is 0 Å². The molecule has 1 aromatic carbocycles. The number of benzene rings is 1. The van der Waals surface area contributed by atoms with Gasteiger partial charge in [-0.15, -0.1) is 0 Å². The van der Waals surface area contributed by atoms with E-state index in [1.54, 1.807) is 19.1 Å². The molecule has 0 aliphatic carbocycles. The van der Waals surface area contributed by atoms with Gasteiger partial charge in [-0.25, -0.2) is 0 Å². The fraction of sp³-hybridized carbons (Fsp3) is 0.600. The molecule has 1 heterocycles. The van der Waals surface area contributed by atoms with Crippen molar-refractivity contribution in [2.75, 3.05) is 25.0 Å². The summed E-state index contributed by atoms with van der Waals surface area (Å²) in [6, 6.07) is 5.65. The molecular weight excluding hydrogens is 254 g/mol. The Hall–Kier alpha value is -1.62. The number of anilines is 1. The van der Waals surface area contributed by atoms with E-state index in [2.05, 4.69) is 17.1 Å². The smallest absolute Gasteiger partial charge is 0.274 e. The van der Waals surface area contributed by atoms with Crippen LogP contribution in [0.2, 0.25) is 0 Å². The van der Waals surface area contributed by atoms with Gasteiger partial charge in [0.1, 0.15) is 0 Å². The van der Waals surface area contributed by atoms with Crippen LogP contribution in [0, 0.1) is 17.0 Å². The maximum Gasteiger partial charge on any atom is 0.274 e. The lowest BCUT2D eigenvalue weighted by Gasteiger charge is -2.32. The number of nitrogens with zero attached hydrogens (tertiary/aromatic N) is 2. The SMILES string of the molecule is Cc1c(NCC(C)N2CCCCC2)cccc1[N+](=O)[O-]. The molecule has 1 aliphatic rings. The van der Waals surface area contributed by atoms with Gasteiger partial charge in [-0.05, 0) is 45.8 Å². The number of hydrogen-bond donors (Lipinski definition) is 1. The molecule has 1 aromatic rings. The number of nitro benzene ring substituents is 1. The van der Waals surface area contributed by atoms with E-state index in [1.807, 2.05) is 6.07 Å². The zero-order chi connectivity index (χ0) is 14.5. The molecule has 0 aromatic heterocycles. The highest BCUT2D eigenvalue weighted by molar-refractivity contribution is 5.59. The van der Waals surface area contributed by atoms with E-state index in [1.165, 1.54) is 19.3 Å². The summed E-state index contributed by atoms with van der Waals surface area (Å²) in [5.74, 6) is 0. The zero-order valence-corrected chi connectivity index (χ0v) is 12.3. The molecule has 2 rings (SSSR count). The maximum absolute atomic E-state index is 10.9. The van der Waals surface area contributed by atoms with Crippen molar-refractivity contribution in [2.24, 2.45) is 0 Å². The molecule has 110 valence electrons. The molecule has 0 saturated carbocycles. The standard InChI is InChI=1S/C15H23N3O2/c1-12(17-9-4-3-5-10-17)11-16-14-7-6-8-15(13(14)2)18(19)20/h6-8,12,16H,3-5,9-11H2,1-2H3. The quantitative estimate of drug-likeness (QED) is 0.663. The van der Waals surface area contributed by atoms with Crippen LogP contribution < -0.4 is 5.32 Å². The highest BCUT2D eigenvalue weighted by Crippen LogP contribution is 2.25. The lowest BCUT2D eigenvalue weighted by molar-refractivity contribution is -0.385. The molecule has 1 atom stereocenters. The van der Waals surface area contributed by atoms with Crippen molar-refractivity contribution in [3.05, 3.63) is 33.9 Å². The van der Waals surface area contributed by atoms with Gasteiger partial charge in [0.15, 0.2) is 0 Å². The molecule has 20 heavy (non-hydrogen) atoms. The first-order valence-electron chi connectivity index (χ1n) is 7.31. The number of nitrogens with one attached hydrogen (secondary N) is 1. The summed E-state index contributed by atoms with van der Waals surface area (Å²) in [4.78, 5) is 13.1. The Bertz CT molecular complexity index is 470. The molecular formula is C15H23N3O2. The second-order valence-corrected chi connectivity index (χ2v) is 5.53. The van der Waals surface area contributed by atoms with Crippen LogP contribution in [0.15, 0.2) is 18.2 Å². The Morgan fingerprint density at radius 2 is 2.05 bits per heavy atom. The van der Waals surface area contributed by atoms with Crippen molar-refractivity contribution in [3.8, 4) is 0 Å². The van der Waals surface area contributed by atoms with Crippen molar-refractivity contribution in [1.29, 1.82) is 0 Å². The van der Waals surface area contributed by atoms with Crippen LogP contribution in [0.5, 0.6) is 0 Å². The van der Waals surface area contributed by atoms with Gasteiger partial charge in [-0.3, -0.25) is 15.0 Å². The van der Waals surface area contributed by atoms with Gasteiger partial charge < -0.3 is 5.32 Å². The molecule has 1 aliphatic heterocycles.